The van der Waals surface area contributed by atoms with Gasteiger partial charge in [-0.2, -0.15) is 0 Å². The second-order valence-electron chi connectivity index (χ2n) is 5.55. The van der Waals surface area contributed by atoms with E-state index < -0.39 is 0 Å². The van der Waals surface area contributed by atoms with Crippen molar-refractivity contribution in [3.8, 4) is 17.2 Å². The average molecular weight is 291 g/mol. The van der Waals surface area contributed by atoms with E-state index in [2.05, 4.69) is 6.92 Å². The Morgan fingerprint density at radius 2 is 2.10 bits per heavy atom. The first kappa shape index (κ1) is 14.0. The van der Waals surface area contributed by atoms with E-state index in [1.54, 1.807) is 19.2 Å². The molecule has 1 aromatic rings. The SMILES string of the molecule is COc1cc(C(=O)N2CCCC[C@@H]2C)cc2c1OCCO2. The Labute approximate surface area is 124 Å². The molecular weight excluding hydrogens is 270 g/mol. The number of hydrogen-bond donors (Lipinski definition) is 0. The van der Waals surface area contributed by atoms with E-state index >= 15 is 0 Å². The van der Waals surface area contributed by atoms with Crippen molar-refractivity contribution in [3.63, 3.8) is 0 Å². The van der Waals surface area contributed by atoms with Crippen molar-refractivity contribution in [1.82, 2.24) is 4.90 Å². The summed E-state index contributed by atoms with van der Waals surface area (Å²) >= 11 is 0. The Balaban J connectivity index is 1.92. The smallest absolute Gasteiger partial charge is 0.254 e. The van der Waals surface area contributed by atoms with Crippen molar-refractivity contribution in [2.45, 2.75) is 32.2 Å². The maximum atomic E-state index is 12.7. The normalized spacial score (nSPS) is 21.0. The van der Waals surface area contributed by atoms with Crippen LogP contribution in [0.4, 0.5) is 0 Å². The number of piperidine rings is 1. The summed E-state index contributed by atoms with van der Waals surface area (Å²) < 4.78 is 16.5. The third-order valence-corrected chi connectivity index (χ3v) is 4.14. The first-order valence-corrected chi connectivity index (χ1v) is 7.49. The first-order valence-electron chi connectivity index (χ1n) is 7.49. The molecule has 2 heterocycles. The number of carbonyl (C=O) groups excluding carboxylic acids is 1. The number of hydrogen-bond acceptors (Lipinski definition) is 4. The Morgan fingerprint density at radius 3 is 2.86 bits per heavy atom. The molecule has 2 aliphatic rings. The molecule has 1 amide bonds. The number of benzene rings is 1. The van der Waals surface area contributed by atoms with Crippen molar-refractivity contribution >= 4 is 5.91 Å². The lowest BCUT2D eigenvalue weighted by Gasteiger charge is -2.33. The molecule has 2 aliphatic heterocycles. The molecule has 0 saturated carbocycles. The van der Waals surface area contributed by atoms with Gasteiger partial charge in [-0.3, -0.25) is 4.79 Å². The van der Waals surface area contributed by atoms with Crippen LogP contribution in [0.2, 0.25) is 0 Å². The molecule has 5 nitrogen and oxygen atoms in total. The minimum Gasteiger partial charge on any atom is -0.493 e. The van der Waals surface area contributed by atoms with Gasteiger partial charge in [0.2, 0.25) is 5.75 Å². The molecule has 3 rings (SSSR count). The Morgan fingerprint density at radius 1 is 1.29 bits per heavy atom. The predicted molar refractivity (Wildman–Crippen MR) is 78.3 cm³/mol. The predicted octanol–water partition coefficient (Wildman–Crippen LogP) is 2.48. The van der Waals surface area contributed by atoms with Crippen LogP contribution >= 0.6 is 0 Å². The summed E-state index contributed by atoms with van der Waals surface area (Å²) in [5.41, 5.74) is 0.602. The second kappa shape index (κ2) is 5.84. The molecule has 0 aliphatic carbocycles. The van der Waals surface area contributed by atoms with E-state index in [0.29, 0.717) is 36.0 Å². The van der Waals surface area contributed by atoms with E-state index in [1.165, 1.54) is 6.42 Å². The number of fused-ring (bicyclic) bond motifs is 1. The number of ether oxygens (including phenoxy) is 3. The van der Waals surface area contributed by atoms with Crippen LogP contribution in [0.5, 0.6) is 17.2 Å². The highest BCUT2D eigenvalue weighted by Gasteiger charge is 2.27. The second-order valence-corrected chi connectivity index (χ2v) is 5.55. The molecule has 0 spiro atoms. The Kier molecular flexibility index (Phi) is 3.90. The van der Waals surface area contributed by atoms with Gasteiger partial charge in [-0.1, -0.05) is 0 Å². The van der Waals surface area contributed by atoms with E-state index in [-0.39, 0.29) is 11.9 Å². The van der Waals surface area contributed by atoms with E-state index in [1.807, 2.05) is 4.90 Å². The molecule has 0 aromatic heterocycles. The van der Waals surface area contributed by atoms with E-state index in [4.69, 9.17) is 14.2 Å². The average Bonchev–Trinajstić information content (AvgIpc) is 2.53. The number of amides is 1. The van der Waals surface area contributed by atoms with Crippen LogP contribution in [0, 0.1) is 0 Å². The van der Waals surface area contributed by atoms with Gasteiger partial charge < -0.3 is 19.1 Å². The van der Waals surface area contributed by atoms with E-state index in [0.717, 1.165) is 19.4 Å². The molecule has 0 radical (unpaired) electrons. The molecular formula is C16H21NO4. The van der Waals surface area contributed by atoms with Gasteiger partial charge in [0, 0.05) is 18.2 Å². The standard InChI is InChI=1S/C16H21NO4/c1-11-5-3-4-6-17(11)16(18)12-9-13(19-2)15-14(10-12)20-7-8-21-15/h9-11H,3-8H2,1-2H3/t11-/m0/s1. The topological polar surface area (TPSA) is 48.0 Å². The third kappa shape index (κ3) is 2.64. The number of carbonyl (C=O) groups is 1. The first-order chi connectivity index (χ1) is 10.2. The Hall–Kier alpha value is -1.91. The summed E-state index contributed by atoms with van der Waals surface area (Å²) in [6.45, 7) is 3.91. The van der Waals surface area contributed by atoms with Crippen LogP contribution in [0.25, 0.3) is 0 Å². The lowest BCUT2D eigenvalue weighted by atomic mass is 10.0. The fourth-order valence-electron chi connectivity index (χ4n) is 2.96. The quantitative estimate of drug-likeness (QED) is 0.840. The zero-order valence-electron chi connectivity index (χ0n) is 12.6. The highest BCUT2D eigenvalue weighted by molar-refractivity contribution is 5.96. The zero-order chi connectivity index (χ0) is 14.8. The van der Waals surface area contributed by atoms with Gasteiger partial charge in [0.05, 0.1) is 7.11 Å². The Bertz CT molecular complexity index is 526. The molecule has 1 atom stereocenters. The lowest BCUT2D eigenvalue weighted by molar-refractivity contribution is 0.0634. The molecule has 114 valence electrons. The van der Waals surface area contributed by atoms with Crippen molar-refractivity contribution in [2.75, 3.05) is 26.9 Å². The fourth-order valence-corrected chi connectivity index (χ4v) is 2.96. The zero-order valence-corrected chi connectivity index (χ0v) is 12.6. The van der Waals surface area contributed by atoms with Crippen LogP contribution in [0.15, 0.2) is 12.1 Å². The van der Waals surface area contributed by atoms with Crippen molar-refractivity contribution in [2.24, 2.45) is 0 Å². The molecule has 5 heteroatoms. The van der Waals surface area contributed by atoms with Gasteiger partial charge in [-0.05, 0) is 38.3 Å². The molecule has 1 fully saturated rings. The van der Waals surface area contributed by atoms with Gasteiger partial charge in [-0.25, -0.2) is 0 Å². The highest BCUT2D eigenvalue weighted by atomic mass is 16.6. The minimum atomic E-state index is 0.0393. The van der Waals surface area contributed by atoms with Crippen LogP contribution < -0.4 is 14.2 Å². The summed E-state index contributed by atoms with van der Waals surface area (Å²) in [5, 5.41) is 0. The summed E-state index contributed by atoms with van der Waals surface area (Å²) in [5.74, 6) is 1.78. The van der Waals surface area contributed by atoms with Gasteiger partial charge in [0.25, 0.3) is 5.91 Å². The highest BCUT2D eigenvalue weighted by Crippen LogP contribution is 2.40. The van der Waals surface area contributed by atoms with Crippen molar-refractivity contribution in [1.29, 1.82) is 0 Å². The van der Waals surface area contributed by atoms with Crippen LogP contribution in [-0.4, -0.2) is 43.7 Å². The van der Waals surface area contributed by atoms with E-state index in [9.17, 15) is 4.79 Å². The molecule has 0 bridgehead atoms. The maximum absolute atomic E-state index is 12.7. The summed E-state index contributed by atoms with van der Waals surface area (Å²) in [6, 6.07) is 3.79. The minimum absolute atomic E-state index is 0.0393. The number of nitrogens with zero attached hydrogens (tertiary/aromatic N) is 1. The van der Waals surface area contributed by atoms with Crippen molar-refractivity contribution in [3.05, 3.63) is 17.7 Å². The maximum Gasteiger partial charge on any atom is 0.254 e. The summed E-state index contributed by atoms with van der Waals surface area (Å²) in [7, 11) is 1.57. The monoisotopic (exact) mass is 291 g/mol. The van der Waals surface area contributed by atoms with Crippen molar-refractivity contribution < 1.29 is 19.0 Å². The van der Waals surface area contributed by atoms with Gasteiger partial charge in [0.15, 0.2) is 11.5 Å². The van der Waals surface area contributed by atoms with Gasteiger partial charge in [0.1, 0.15) is 13.2 Å². The summed E-state index contributed by atoms with van der Waals surface area (Å²) in [4.78, 5) is 14.7. The molecule has 1 aromatic carbocycles. The molecule has 0 N–H and O–H groups in total. The molecule has 1 saturated heterocycles. The number of rotatable bonds is 2. The largest absolute Gasteiger partial charge is 0.493 e. The van der Waals surface area contributed by atoms with Gasteiger partial charge >= 0.3 is 0 Å². The fraction of sp³-hybridized carbons (Fsp3) is 0.562. The molecule has 21 heavy (non-hydrogen) atoms. The van der Waals surface area contributed by atoms with Crippen LogP contribution in [0.3, 0.4) is 0 Å². The number of methoxy groups -OCH3 is 1. The lowest BCUT2D eigenvalue weighted by Crippen LogP contribution is -2.42. The molecule has 0 unspecified atom stereocenters. The third-order valence-electron chi connectivity index (χ3n) is 4.14. The van der Waals surface area contributed by atoms with Gasteiger partial charge in [-0.15, -0.1) is 0 Å². The van der Waals surface area contributed by atoms with Crippen LogP contribution in [0.1, 0.15) is 36.5 Å². The summed E-state index contributed by atoms with van der Waals surface area (Å²) in [6.07, 6.45) is 3.32. The number of likely N-dealkylation sites (tertiary alicyclic amines) is 1. The van der Waals surface area contributed by atoms with Crippen LogP contribution in [-0.2, 0) is 0 Å².